The summed E-state index contributed by atoms with van der Waals surface area (Å²) >= 11 is 5.93. The lowest BCUT2D eigenvalue weighted by Crippen LogP contribution is -2.20. The molecule has 192 valence electrons. The molecule has 0 radical (unpaired) electrons. The van der Waals surface area contributed by atoms with E-state index in [1.165, 1.54) is 31.2 Å². The van der Waals surface area contributed by atoms with Gasteiger partial charge in [-0.3, -0.25) is 4.79 Å². The maximum Gasteiger partial charge on any atom is 0.159 e. The minimum atomic E-state index is 0.0459. The van der Waals surface area contributed by atoms with Gasteiger partial charge in [-0.1, -0.05) is 74.0 Å². The van der Waals surface area contributed by atoms with E-state index in [4.69, 9.17) is 11.6 Å². The van der Waals surface area contributed by atoms with E-state index < -0.39 is 0 Å². The van der Waals surface area contributed by atoms with Crippen LogP contribution in [0.25, 0.3) is 0 Å². The highest BCUT2D eigenvalue weighted by Crippen LogP contribution is 2.39. The SMILES string of the molecule is C=C/C=C(/Cc1ccc(Cl)cc1)NC(C)=Nc1ccc(C(C)=O)cc1.CCCc1ccc(C2CC2)cc1. The monoisotopic (exact) mass is 512 g/mol. The molecule has 3 nitrogen and oxygen atoms in total. The fourth-order valence-corrected chi connectivity index (χ4v) is 4.12. The van der Waals surface area contributed by atoms with Crippen molar-refractivity contribution in [3.8, 4) is 0 Å². The van der Waals surface area contributed by atoms with Crippen LogP contribution in [-0.4, -0.2) is 11.6 Å². The van der Waals surface area contributed by atoms with Crippen LogP contribution in [0.2, 0.25) is 5.02 Å². The topological polar surface area (TPSA) is 41.5 Å². The van der Waals surface area contributed by atoms with Crippen LogP contribution in [-0.2, 0) is 12.8 Å². The van der Waals surface area contributed by atoms with Crippen LogP contribution < -0.4 is 5.32 Å². The van der Waals surface area contributed by atoms with Gasteiger partial charge in [0, 0.05) is 22.7 Å². The Morgan fingerprint density at radius 3 is 2.14 bits per heavy atom. The van der Waals surface area contributed by atoms with E-state index in [1.54, 1.807) is 30.7 Å². The first-order valence-corrected chi connectivity index (χ1v) is 13.3. The first-order valence-electron chi connectivity index (χ1n) is 13.0. The molecule has 0 atom stereocenters. The summed E-state index contributed by atoms with van der Waals surface area (Å²) in [6, 6.07) is 24.2. The van der Waals surface area contributed by atoms with Gasteiger partial charge in [0.1, 0.15) is 5.84 Å². The number of hydrogen-bond donors (Lipinski definition) is 1. The van der Waals surface area contributed by atoms with Crippen LogP contribution in [0.4, 0.5) is 5.69 Å². The predicted octanol–water partition coefficient (Wildman–Crippen LogP) is 9.01. The highest BCUT2D eigenvalue weighted by atomic mass is 35.5. The fraction of sp³-hybridized carbons (Fsp3) is 0.273. The number of amidine groups is 1. The summed E-state index contributed by atoms with van der Waals surface area (Å²) in [6.07, 6.45) is 9.69. The third kappa shape index (κ3) is 9.86. The largest absolute Gasteiger partial charge is 0.347 e. The van der Waals surface area contributed by atoms with Crippen molar-refractivity contribution in [1.29, 1.82) is 0 Å². The lowest BCUT2D eigenvalue weighted by Gasteiger charge is -2.11. The number of nitrogens with one attached hydrogen (secondary N) is 1. The van der Waals surface area contributed by atoms with Gasteiger partial charge in [0.05, 0.1) is 5.69 Å². The number of benzene rings is 3. The number of carbonyl (C=O) groups excluding carboxylic acids is 1. The molecule has 0 aliphatic heterocycles. The van der Waals surface area contributed by atoms with Crippen molar-refractivity contribution in [1.82, 2.24) is 5.32 Å². The summed E-state index contributed by atoms with van der Waals surface area (Å²) < 4.78 is 0. The second kappa shape index (κ2) is 14.3. The maximum atomic E-state index is 11.3. The van der Waals surface area contributed by atoms with Crippen molar-refractivity contribution in [3.05, 3.63) is 125 Å². The Morgan fingerprint density at radius 2 is 1.59 bits per heavy atom. The van der Waals surface area contributed by atoms with Crippen LogP contribution in [0.3, 0.4) is 0 Å². The number of aryl methyl sites for hydroxylation is 1. The summed E-state index contributed by atoms with van der Waals surface area (Å²) in [5.41, 5.74) is 6.64. The van der Waals surface area contributed by atoms with Crippen molar-refractivity contribution in [3.63, 3.8) is 0 Å². The quantitative estimate of drug-likeness (QED) is 0.134. The Bertz CT molecular complexity index is 1220. The molecule has 37 heavy (non-hydrogen) atoms. The maximum absolute atomic E-state index is 11.3. The molecule has 0 amide bonds. The smallest absolute Gasteiger partial charge is 0.159 e. The lowest BCUT2D eigenvalue weighted by molar-refractivity contribution is 0.101. The molecule has 1 aliphatic rings. The zero-order valence-corrected chi connectivity index (χ0v) is 22.9. The molecule has 4 heteroatoms. The average molecular weight is 513 g/mol. The third-order valence-corrected chi connectivity index (χ3v) is 6.36. The van der Waals surface area contributed by atoms with Gasteiger partial charge >= 0.3 is 0 Å². The molecule has 0 heterocycles. The molecule has 3 aromatic rings. The van der Waals surface area contributed by atoms with Crippen LogP contribution in [0, 0.1) is 0 Å². The first-order chi connectivity index (χ1) is 17.9. The molecular weight excluding hydrogens is 476 g/mol. The van der Waals surface area contributed by atoms with Gasteiger partial charge in [-0.2, -0.15) is 0 Å². The van der Waals surface area contributed by atoms with Gasteiger partial charge in [-0.25, -0.2) is 4.99 Å². The van der Waals surface area contributed by atoms with Gasteiger partial charge in [0.15, 0.2) is 5.78 Å². The van der Waals surface area contributed by atoms with Gasteiger partial charge in [0.2, 0.25) is 0 Å². The van der Waals surface area contributed by atoms with Crippen LogP contribution in [0.15, 0.2) is 102 Å². The van der Waals surface area contributed by atoms with Crippen molar-refractivity contribution < 1.29 is 4.79 Å². The van der Waals surface area contributed by atoms with Gasteiger partial charge < -0.3 is 5.32 Å². The number of rotatable bonds is 9. The van der Waals surface area contributed by atoms with Crippen molar-refractivity contribution in [2.24, 2.45) is 4.99 Å². The number of Topliss-reactive ketones (excluding diaryl/α,β-unsaturated/α-hetero) is 1. The average Bonchev–Trinajstić information content (AvgIpc) is 3.73. The van der Waals surface area contributed by atoms with E-state index in [-0.39, 0.29) is 5.78 Å². The van der Waals surface area contributed by atoms with Crippen molar-refractivity contribution >= 4 is 28.9 Å². The van der Waals surface area contributed by atoms with E-state index in [0.717, 1.165) is 40.1 Å². The second-order valence-electron chi connectivity index (χ2n) is 9.42. The summed E-state index contributed by atoms with van der Waals surface area (Å²) in [4.78, 5) is 15.9. The molecule has 0 aromatic heterocycles. The lowest BCUT2D eigenvalue weighted by atomic mass is 10.1. The fourth-order valence-electron chi connectivity index (χ4n) is 4.00. The Morgan fingerprint density at radius 1 is 0.973 bits per heavy atom. The Hall–Kier alpha value is -3.43. The van der Waals surface area contributed by atoms with Gasteiger partial charge in [0.25, 0.3) is 0 Å². The number of carbonyl (C=O) groups is 1. The second-order valence-corrected chi connectivity index (χ2v) is 9.86. The molecule has 0 bridgehead atoms. The first kappa shape index (κ1) is 28.1. The highest BCUT2D eigenvalue weighted by molar-refractivity contribution is 6.30. The molecule has 0 saturated heterocycles. The highest BCUT2D eigenvalue weighted by Gasteiger charge is 2.22. The summed E-state index contributed by atoms with van der Waals surface area (Å²) in [7, 11) is 0. The number of nitrogens with zero attached hydrogens (tertiary/aromatic N) is 1. The Balaban J connectivity index is 0.000000262. The summed E-state index contributed by atoms with van der Waals surface area (Å²) in [6.45, 7) is 9.45. The van der Waals surface area contributed by atoms with Crippen molar-refractivity contribution in [2.75, 3.05) is 0 Å². The zero-order chi connectivity index (χ0) is 26.6. The number of aliphatic imine (C=N–C) groups is 1. The molecule has 1 N–H and O–H groups in total. The van der Waals surface area contributed by atoms with E-state index in [2.05, 4.69) is 48.1 Å². The van der Waals surface area contributed by atoms with Crippen LogP contribution in [0.5, 0.6) is 0 Å². The molecule has 0 spiro atoms. The van der Waals surface area contributed by atoms with E-state index >= 15 is 0 Å². The normalized spacial score (nSPS) is 13.4. The zero-order valence-electron chi connectivity index (χ0n) is 22.1. The third-order valence-electron chi connectivity index (χ3n) is 6.11. The molecule has 1 saturated carbocycles. The van der Waals surface area contributed by atoms with E-state index in [9.17, 15) is 4.79 Å². The molecular formula is C33H37ClN2O. The number of ketones is 1. The molecule has 1 aliphatic carbocycles. The minimum absolute atomic E-state index is 0.0459. The number of allylic oxidation sites excluding steroid dienone is 3. The van der Waals surface area contributed by atoms with E-state index in [1.807, 2.05) is 49.4 Å². The minimum Gasteiger partial charge on any atom is -0.347 e. The summed E-state index contributed by atoms with van der Waals surface area (Å²) in [5, 5.41) is 4.03. The summed E-state index contributed by atoms with van der Waals surface area (Å²) in [5.74, 6) is 1.71. The predicted molar refractivity (Wildman–Crippen MR) is 158 cm³/mol. The van der Waals surface area contributed by atoms with Crippen LogP contribution >= 0.6 is 11.6 Å². The molecule has 1 fully saturated rings. The van der Waals surface area contributed by atoms with Gasteiger partial charge in [-0.15, -0.1) is 0 Å². The number of halogens is 1. The number of hydrogen-bond acceptors (Lipinski definition) is 2. The molecule has 4 rings (SSSR count). The Labute approximate surface area is 227 Å². The Kier molecular flexibility index (Phi) is 10.9. The molecule has 3 aromatic carbocycles. The van der Waals surface area contributed by atoms with Crippen LogP contribution in [0.1, 0.15) is 73.0 Å². The van der Waals surface area contributed by atoms with Crippen molar-refractivity contribution in [2.45, 2.75) is 58.8 Å². The standard InChI is InChI=1S/C21H21ClN2O.C12H16/c1-4-5-21(14-17-6-10-19(22)11-7-17)24-16(3)23-20-12-8-18(9-13-20)15(2)25;1-2-3-10-4-6-11(7-5-10)12-8-9-12/h4-13H,1,14H2,2-3H3,(H,23,24);4-7,12H,2-3,8-9H2,1H3/b21-5-;. The molecule has 0 unspecified atom stereocenters. The van der Waals surface area contributed by atoms with E-state index in [0.29, 0.717) is 5.56 Å². The van der Waals surface area contributed by atoms with Gasteiger partial charge in [-0.05, 0) is 98.2 Å².